The van der Waals surface area contributed by atoms with E-state index in [4.69, 9.17) is 9.16 Å². The van der Waals surface area contributed by atoms with Crippen LogP contribution in [0.4, 0.5) is 0 Å². The molecule has 180 valence electrons. The van der Waals surface area contributed by atoms with Crippen molar-refractivity contribution in [1.29, 1.82) is 0 Å². The second-order valence-corrected chi connectivity index (χ2v) is 13.5. The Labute approximate surface area is 193 Å². The van der Waals surface area contributed by atoms with Crippen LogP contribution in [0.3, 0.4) is 0 Å². The number of hydrogen-bond acceptors (Lipinski definition) is 6. The van der Waals surface area contributed by atoms with Crippen LogP contribution >= 0.6 is 0 Å². The van der Waals surface area contributed by atoms with E-state index in [0.717, 1.165) is 0 Å². The minimum Gasteiger partial charge on any atom is -0.459 e. The minimum atomic E-state index is -1.53. The van der Waals surface area contributed by atoms with Crippen LogP contribution in [0.2, 0.25) is 13.1 Å². The Bertz CT molecular complexity index is 841. The Morgan fingerprint density at radius 1 is 1.16 bits per heavy atom. The zero-order chi connectivity index (χ0) is 24.6. The lowest BCUT2D eigenvalue weighted by molar-refractivity contribution is -0.194. The number of carbonyl (C=O) groups is 3. The summed E-state index contributed by atoms with van der Waals surface area (Å²) in [5.41, 5.74) is -1.81. The standard InChI is InChI=1S/C23H39N3O5Si/c1-15(19(28)25-12-11-24-14-25)18-17(23(8,21(2,3)4)31-32(9)10)20(29)26(18)13-16(27)30-22(5,6)7/h11-12,14-15,17-18,32H,13H2,1-10H3/t15-,17+,18-,23+/m0/s1. The third-order valence-corrected chi connectivity index (χ3v) is 7.15. The number of aromatic nitrogens is 2. The third-order valence-electron chi connectivity index (χ3n) is 6.19. The Hall–Kier alpha value is -2.00. The van der Waals surface area contributed by atoms with Gasteiger partial charge in [0.25, 0.3) is 0 Å². The van der Waals surface area contributed by atoms with E-state index in [2.05, 4.69) is 18.1 Å². The van der Waals surface area contributed by atoms with Gasteiger partial charge in [0.2, 0.25) is 11.8 Å². The van der Waals surface area contributed by atoms with Gasteiger partial charge in [0.1, 0.15) is 18.5 Å². The normalized spacial score (nSPS) is 22.3. The molecule has 0 N–H and O–H groups in total. The lowest BCUT2D eigenvalue weighted by Gasteiger charge is -2.59. The van der Waals surface area contributed by atoms with E-state index in [1.807, 2.05) is 27.7 Å². The van der Waals surface area contributed by atoms with Crippen molar-refractivity contribution in [1.82, 2.24) is 14.5 Å². The molecule has 2 heterocycles. The molecule has 0 aliphatic carbocycles. The summed E-state index contributed by atoms with van der Waals surface area (Å²) in [5, 5.41) is 0. The lowest BCUT2D eigenvalue weighted by atomic mass is 9.61. The SMILES string of the molecule is C[C@H](C(=O)n1ccnc1)[C@H]1[C@@H]([C@@](C)(O[SiH](C)C)C(C)(C)C)C(=O)N1CC(=O)OC(C)(C)C. The molecule has 4 atom stereocenters. The highest BCUT2D eigenvalue weighted by Gasteiger charge is 2.63. The van der Waals surface area contributed by atoms with Crippen molar-refractivity contribution in [3.8, 4) is 0 Å². The van der Waals surface area contributed by atoms with E-state index in [1.54, 1.807) is 40.1 Å². The number of likely N-dealkylation sites (tertiary alicyclic amines) is 1. The molecule has 1 fully saturated rings. The number of hydrogen-bond donors (Lipinski definition) is 0. The van der Waals surface area contributed by atoms with E-state index in [9.17, 15) is 14.4 Å². The predicted molar refractivity (Wildman–Crippen MR) is 125 cm³/mol. The van der Waals surface area contributed by atoms with Crippen LogP contribution in [-0.2, 0) is 18.8 Å². The van der Waals surface area contributed by atoms with E-state index in [-0.39, 0.29) is 23.8 Å². The van der Waals surface area contributed by atoms with Crippen molar-refractivity contribution in [3.63, 3.8) is 0 Å². The van der Waals surface area contributed by atoms with Gasteiger partial charge in [0.05, 0.1) is 23.5 Å². The molecule has 1 aromatic rings. The number of ether oxygens (including phenoxy) is 1. The molecule has 1 aliphatic rings. The van der Waals surface area contributed by atoms with Gasteiger partial charge in [-0.15, -0.1) is 0 Å². The second kappa shape index (κ2) is 9.09. The van der Waals surface area contributed by atoms with Gasteiger partial charge in [-0.2, -0.15) is 0 Å². The fourth-order valence-electron chi connectivity index (χ4n) is 4.36. The highest BCUT2D eigenvalue weighted by molar-refractivity contribution is 6.48. The Morgan fingerprint density at radius 3 is 2.19 bits per heavy atom. The summed E-state index contributed by atoms with van der Waals surface area (Å²) >= 11 is 0. The molecule has 8 nitrogen and oxygen atoms in total. The number of imidazole rings is 1. The Morgan fingerprint density at radius 2 is 1.75 bits per heavy atom. The van der Waals surface area contributed by atoms with Crippen molar-refractivity contribution in [3.05, 3.63) is 18.7 Å². The van der Waals surface area contributed by atoms with Crippen LogP contribution < -0.4 is 0 Å². The number of amides is 1. The monoisotopic (exact) mass is 465 g/mol. The highest BCUT2D eigenvalue weighted by atomic mass is 28.3. The Kier molecular flexibility index (Phi) is 7.46. The van der Waals surface area contributed by atoms with Crippen LogP contribution in [0.25, 0.3) is 0 Å². The maximum atomic E-state index is 13.5. The Balaban J connectivity index is 2.45. The fraction of sp³-hybridized carbons (Fsp3) is 0.739. The zero-order valence-corrected chi connectivity index (χ0v) is 22.3. The molecule has 2 rings (SSSR count). The molecule has 1 aliphatic heterocycles. The zero-order valence-electron chi connectivity index (χ0n) is 21.1. The molecule has 9 heteroatoms. The summed E-state index contributed by atoms with van der Waals surface area (Å²) in [6.07, 6.45) is 4.58. The van der Waals surface area contributed by atoms with Gasteiger partial charge in [-0.05, 0) is 46.2 Å². The van der Waals surface area contributed by atoms with Crippen molar-refractivity contribution in [2.75, 3.05) is 6.54 Å². The van der Waals surface area contributed by atoms with Crippen molar-refractivity contribution < 1.29 is 23.5 Å². The number of nitrogens with zero attached hydrogens (tertiary/aromatic N) is 3. The first-order valence-corrected chi connectivity index (χ1v) is 14.0. The van der Waals surface area contributed by atoms with Crippen LogP contribution in [0.5, 0.6) is 0 Å². The van der Waals surface area contributed by atoms with Crippen LogP contribution in [0.1, 0.15) is 60.2 Å². The molecule has 0 radical (unpaired) electrons. The molecule has 0 spiro atoms. The number of carbonyl (C=O) groups excluding carboxylic acids is 3. The molecule has 32 heavy (non-hydrogen) atoms. The summed E-state index contributed by atoms with van der Waals surface area (Å²) in [6, 6.07) is -0.498. The van der Waals surface area contributed by atoms with E-state index in [1.165, 1.54) is 15.8 Å². The second-order valence-electron chi connectivity index (χ2n) is 11.1. The van der Waals surface area contributed by atoms with Gasteiger partial charge in [0, 0.05) is 12.4 Å². The lowest BCUT2D eigenvalue weighted by Crippen LogP contribution is -2.74. The number of rotatable bonds is 7. The van der Waals surface area contributed by atoms with Crippen LogP contribution in [-0.4, -0.2) is 65.1 Å². The van der Waals surface area contributed by atoms with Gasteiger partial charge in [0.15, 0.2) is 9.04 Å². The van der Waals surface area contributed by atoms with Crippen LogP contribution in [0.15, 0.2) is 18.7 Å². The van der Waals surface area contributed by atoms with E-state index in [0.29, 0.717) is 0 Å². The molecule has 1 saturated heterocycles. The third kappa shape index (κ3) is 5.31. The van der Waals surface area contributed by atoms with E-state index >= 15 is 0 Å². The minimum absolute atomic E-state index is 0.182. The van der Waals surface area contributed by atoms with Gasteiger partial charge >= 0.3 is 5.97 Å². The maximum absolute atomic E-state index is 13.5. The van der Waals surface area contributed by atoms with Crippen molar-refractivity contribution in [2.45, 2.75) is 85.7 Å². The summed E-state index contributed by atoms with van der Waals surface area (Å²) in [6.45, 7) is 19.2. The number of esters is 1. The van der Waals surface area contributed by atoms with Gasteiger partial charge in [-0.25, -0.2) is 4.98 Å². The molecule has 1 amide bonds. The molecule has 0 unspecified atom stereocenters. The van der Waals surface area contributed by atoms with Crippen molar-refractivity contribution in [2.24, 2.45) is 17.3 Å². The predicted octanol–water partition coefficient (Wildman–Crippen LogP) is 3.13. The van der Waals surface area contributed by atoms with Gasteiger partial charge < -0.3 is 14.1 Å². The molecular formula is C23H39N3O5Si. The molecular weight excluding hydrogens is 426 g/mol. The quantitative estimate of drug-likeness (QED) is 0.349. The molecule has 0 bridgehead atoms. The average molecular weight is 466 g/mol. The largest absolute Gasteiger partial charge is 0.459 e. The topological polar surface area (TPSA) is 90.7 Å². The molecule has 0 aromatic carbocycles. The first-order chi connectivity index (χ1) is 14.5. The highest BCUT2D eigenvalue weighted by Crippen LogP contribution is 2.49. The molecule has 1 aromatic heterocycles. The van der Waals surface area contributed by atoms with Crippen molar-refractivity contribution >= 4 is 26.8 Å². The first kappa shape index (κ1) is 26.3. The summed E-state index contributed by atoms with van der Waals surface area (Å²) < 4.78 is 13.4. The first-order valence-electron chi connectivity index (χ1n) is 11.2. The average Bonchev–Trinajstić information content (AvgIpc) is 3.14. The van der Waals surface area contributed by atoms with Gasteiger partial charge in [-0.3, -0.25) is 19.0 Å². The van der Waals surface area contributed by atoms with Gasteiger partial charge in [-0.1, -0.05) is 27.7 Å². The number of β-lactam (4-membered cyclic amide) rings is 1. The summed E-state index contributed by atoms with van der Waals surface area (Å²) in [4.78, 5) is 44.7. The summed E-state index contributed by atoms with van der Waals surface area (Å²) in [5.74, 6) is -1.97. The fourth-order valence-corrected chi connectivity index (χ4v) is 5.84. The van der Waals surface area contributed by atoms with E-state index < -0.39 is 44.1 Å². The smallest absolute Gasteiger partial charge is 0.326 e. The molecule has 0 saturated carbocycles. The van der Waals surface area contributed by atoms with Crippen LogP contribution in [0, 0.1) is 17.3 Å². The summed E-state index contributed by atoms with van der Waals surface area (Å²) in [7, 11) is -1.53. The maximum Gasteiger partial charge on any atom is 0.326 e.